The molecule has 0 bridgehead atoms. The van der Waals surface area contributed by atoms with E-state index in [0.29, 0.717) is 17.7 Å². The highest BCUT2D eigenvalue weighted by Gasteiger charge is 2.29. The molecule has 0 aromatic carbocycles. The van der Waals surface area contributed by atoms with Crippen LogP contribution < -0.4 is 16.8 Å². The lowest BCUT2D eigenvalue weighted by atomic mass is 9.80. The Kier molecular flexibility index (Phi) is 3.69. The monoisotopic (exact) mass is 319 g/mol. The zero-order valence-electron chi connectivity index (χ0n) is 13.4. The van der Waals surface area contributed by atoms with Gasteiger partial charge in [0.15, 0.2) is 0 Å². The van der Waals surface area contributed by atoms with Crippen LogP contribution in [0.4, 0.5) is 11.8 Å². The van der Waals surface area contributed by atoms with Crippen LogP contribution >= 0.6 is 0 Å². The number of nitrogen functional groups attached to an aromatic ring is 2. The number of anilines is 2. The molecular formula is C19H21N5. The van der Waals surface area contributed by atoms with Gasteiger partial charge in [-0.15, -0.1) is 0 Å². The van der Waals surface area contributed by atoms with Gasteiger partial charge in [-0.1, -0.05) is 42.5 Å². The Morgan fingerprint density at radius 2 is 2.08 bits per heavy atom. The Balaban J connectivity index is 1.59. The van der Waals surface area contributed by atoms with Crippen molar-refractivity contribution in [2.24, 2.45) is 11.8 Å². The summed E-state index contributed by atoms with van der Waals surface area (Å²) in [7, 11) is 0. The number of hydrogen-bond acceptors (Lipinski definition) is 5. The van der Waals surface area contributed by atoms with Crippen molar-refractivity contribution < 1.29 is 0 Å². The topological polar surface area (TPSA) is 89.8 Å². The summed E-state index contributed by atoms with van der Waals surface area (Å²) in [5, 5.41) is 3.68. The molecule has 0 spiro atoms. The van der Waals surface area contributed by atoms with E-state index >= 15 is 0 Å². The van der Waals surface area contributed by atoms with Gasteiger partial charge in [0.05, 0.1) is 6.04 Å². The van der Waals surface area contributed by atoms with Gasteiger partial charge >= 0.3 is 0 Å². The molecule has 0 amide bonds. The minimum Gasteiger partial charge on any atom is -0.383 e. The van der Waals surface area contributed by atoms with E-state index in [1.165, 1.54) is 11.3 Å². The van der Waals surface area contributed by atoms with E-state index in [4.69, 9.17) is 11.5 Å². The first-order valence-corrected chi connectivity index (χ1v) is 8.27. The summed E-state index contributed by atoms with van der Waals surface area (Å²) in [6.07, 6.45) is 21.1. The summed E-state index contributed by atoms with van der Waals surface area (Å²) < 4.78 is 0. The van der Waals surface area contributed by atoms with Gasteiger partial charge in [-0.3, -0.25) is 0 Å². The van der Waals surface area contributed by atoms with Crippen LogP contribution in [0.5, 0.6) is 0 Å². The number of nitrogens with zero attached hydrogens (tertiary/aromatic N) is 2. The molecular weight excluding hydrogens is 298 g/mol. The summed E-state index contributed by atoms with van der Waals surface area (Å²) in [4.78, 5) is 8.17. The molecule has 122 valence electrons. The van der Waals surface area contributed by atoms with Crippen molar-refractivity contribution in [2.75, 3.05) is 11.5 Å². The molecule has 3 atom stereocenters. The highest BCUT2D eigenvalue weighted by atomic mass is 15.0. The lowest BCUT2D eigenvalue weighted by Crippen LogP contribution is -2.33. The van der Waals surface area contributed by atoms with Crippen molar-refractivity contribution in [3.05, 3.63) is 71.6 Å². The molecule has 4 rings (SSSR count). The van der Waals surface area contributed by atoms with Gasteiger partial charge < -0.3 is 16.8 Å². The quantitative estimate of drug-likeness (QED) is 0.778. The average molecular weight is 319 g/mol. The molecule has 0 radical (unpaired) electrons. The lowest BCUT2D eigenvalue weighted by Gasteiger charge is -2.30. The van der Waals surface area contributed by atoms with Crippen LogP contribution in [0.25, 0.3) is 0 Å². The van der Waals surface area contributed by atoms with E-state index in [0.717, 1.165) is 18.4 Å². The smallest absolute Gasteiger partial charge is 0.221 e. The van der Waals surface area contributed by atoms with E-state index < -0.39 is 0 Å². The van der Waals surface area contributed by atoms with E-state index in [1.807, 2.05) is 0 Å². The van der Waals surface area contributed by atoms with Gasteiger partial charge in [0.1, 0.15) is 5.82 Å². The molecule has 1 aromatic heterocycles. The second-order valence-electron chi connectivity index (χ2n) is 6.43. The van der Waals surface area contributed by atoms with Crippen LogP contribution in [-0.4, -0.2) is 16.0 Å². The van der Waals surface area contributed by atoms with Crippen LogP contribution in [0.3, 0.4) is 0 Å². The number of hydrogen-bond donors (Lipinski definition) is 3. The Labute approximate surface area is 141 Å². The molecule has 1 aromatic rings. The van der Waals surface area contributed by atoms with E-state index in [-0.39, 0.29) is 12.0 Å². The van der Waals surface area contributed by atoms with Crippen molar-refractivity contribution in [3.63, 3.8) is 0 Å². The minimum atomic E-state index is 0.222. The molecule has 1 aliphatic heterocycles. The Hall–Kier alpha value is -2.82. The van der Waals surface area contributed by atoms with Crippen LogP contribution in [0.1, 0.15) is 12.0 Å². The Bertz CT molecular complexity index is 800. The standard InChI is InChI=1S/C19H21N5/c20-18-14(11-22-19(21)24-18)10-13-5-3-7-17-15(13)9-8-12-4-1-2-6-16(12)23-17/h1-8,11,13,15-16,23H,9-10H2,(H4,20,21,22,24). The van der Waals surface area contributed by atoms with Crippen molar-refractivity contribution >= 4 is 11.8 Å². The first kappa shape index (κ1) is 14.8. The zero-order valence-corrected chi connectivity index (χ0v) is 13.4. The predicted octanol–water partition coefficient (Wildman–Crippen LogP) is 2.28. The molecule has 5 N–H and O–H groups in total. The first-order valence-electron chi connectivity index (χ1n) is 8.27. The molecule has 24 heavy (non-hydrogen) atoms. The molecule has 2 heterocycles. The Morgan fingerprint density at radius 3 is 2.96 bits per heavy atom. The number of allylic oxidation sites excluding steroid dienone is 7. The molecule has 0 saturated heterocycles. The van der Waals surface area contributed by atoms with Crippen LogP contribution in [0.15, 0.2) is 66.1 Å². The van der Waals surface area contributed by atoms with Crippen molar-refractivity contribution in [1.82, 2.24) is 15.3 Å². The fourth-order valence-corrected chi connectivity index (χ4v) is 3.63. The zero-order chi connectivity index (χ0) is 16.5. The maximum atomic E-state index is 6.02. The largest absolute Gasteiger partial charge is 0.383 e. The van der Waals surface area contributed by atoms with Gasteiger partial charge in [0.2, 0.25) is 5.95 Å². The number of fused-ring (bicyclic) bond motifs is 2. The fourth-order valence-electron chi connectivity index (χ4n) is 3.63. The second-order valence-corrected chi connectivity index (χ2v) is 6.43. The van der Waals surface area contributed by atoms with E-state index in [2.05, 4.69) is 63.9 Å². The van der Waals surface area contributed by atoms with Crippen LogP contribution in [0.2, 0.25) is 0 Å². The van der Waals surface area contributed by atoms with Gasteiger partial charge in [0, 0.05) is 23.4 Å². The average Bonchev–Trinajstić information content (AvgIpc) is 2.77. The van der Waals surface area contributed by atoms with Gasteiger partial charge in [0.25, 0.3) is 0 Å². The maximum absolute atomic E-state index is 6.02. The molecule has 3 unspecified atom stereocenters. The number of nitrogens with one attached hydrogen (secondary N) is 1. The number of nitrogens with two attached hydrogens (primary N) is 2. The maximum Gasteiger partial charge on any atom is 0.221 e. The molecule has 0 saturated carbocycles. The normalized spacial score (nSPS) is 27.4. The summed E-state index contributed by atoms with van der Waals surface area (Å²) in [6.45, 7) is 0. The lowest BCUT2D eigenvalue weighted by molar-refractivity contribution is 0.427. The molecule has 5 nitrogen and oxygen atoms in total. The summed E-state index contributed by atoms with van der Waals surface area (Å²) in [6, 6.07) is 0.267. The van der Waals surface area contributed by atoms with Crippen molar-refractivity contribution in [3.8, 4) is 0 Å². The van der Waals surface area contributed by atoms with Gasteiger partial charge in [-0.05, 0) is 30.4 Å². The third kappa shape index (κ3) is 2.73. The van der Waals surface area contributed by atoms with Gasteiger partial charge in [-0.2, -0.15) is 4.98 Å². The number of rotatable bonds is 2. The third-order valence-corrected chi connectivity index (χ3v) is 4.91. The summed E-state index contributed by atoms with van der Waals surface area (Å²) in [5.41, 5.74) is 15.2. The number of aromatic nitrogens is 2. The summed E-state index contributed by atoms with van der Waals surface area (Å²) in [5.74, 6) is 1.47. The van der Waals surface area contributed by atoms with Crippen LogP contribution in [0, 0.1) is 11.8 Å². The molecule has 5 heteroatoms. The van der Waals surface area contributed by atoms with Crippen molar-refractivity contribution in [1.29, 1.82) is 0 Å². The SMILES string of the molecule is Nc1ncc(CC2C=CC=C3NC4C=CC=CC4=CCC32)c(N)n1. The Morgan fingerprint density at radius 1 is 1.17 bits per heavy atom. The molecule has 2 aliphatic carbocycles. The van der Waals surface area contributed by atoms with E-state index in [9.17, 15) is 0 Å². The second kappa shape index (κ2) is 6.00. The van der Waals surface area contributed by atoms with Crippen molar-refractivity contribution in [2.45, 2.75) is 18.9 Å². The summed E-state index contributed by atoms with van der Waals surface area (Å²) >= 11 is 0. The van der Waals surface area contributed by atoms with E-state index in [1.54, 1.807) is 6.20 Å². The predicted molar refractivity (Wildman–Crippen MR) is 96.7 cm³/mol. The third-order valence-electron chi connectivity index (χ3n) is 4.91. The molecule has 0 fully saturated rings. The van der Waals surface area contributed by atoms with Crippen LogP contribution in [-0.2, 0) is 6.42 Å². The highest BCUT2D eigenvalue weighted by Crippen LogP contribution is 2.35. The fraction of sp³-hybridized carbons (Fsp3) is 0.263. The molecule has 3 aliphatic rings. The first-order chi connectivity index (χ1) is 11.7. The van der Waals surface area contributed by atoms with Gasteiger partial charge in [-0.25, -0.2) is 4.98 Å². The minimum absolute atomic E-state index is 0.222. The highest BCUT2D eigenvalue weighted by molar-refractivity contribution is 5.44.